The summed E-state index contributed by atoms with van der Waals surface area (Å²) in [7, 11) is 0. The van der Waals surface area contributed by atoms with E-state index in [0.717, 1.165) is 11.7 Å². The van der Waals surface area contributed by atoms with Crippen molar-refractivity contribution in [2.24, 2.45) is 23.0 Å². The van der Waals surface area contributed by atoms with Gasteiger partial charge in [0.2, 0.25) is 5.89 Å². The van der Waals surface area contributed by atoms with Crippen molar-refractivity contribution < 1.29 is 4.52 Å². The molecule has 2 fully saturated rings. The van der Waals surface area contributed by atoms with Gasteiger partial charge in [-0.15, -0.1) is 0 Å². The largest absolute Gasteiger partial charge is 0.338 e. The molecule has 0 aliphatic heterocycles. The van der Waals surface area contributed by atoms with Crippen molar-refractivity contribution in [2.45, 2.75) is 71.3 Å². The average molecular weight is 277 g/mol. The van der Waals surface area contributed by atoms with E-state index in [1.54, 1.807) is 0 Å². The first-order valence-corrected chi connectivity index (χ1v) is 8.04. The van der Waals surface area contributed by atoms with Gasteiger partial charge in [-0.25, -0.2) is 0 Å². The lowest BCUT2D eigenvalue weighted by atomic mass is 9.70. The van der Waals surface area contributed by atoms with Gasteiger partial charge >= 0.3 is 0 Å². The van der Waals surface area contributed by atoms with Crippen molar-refractivity contribution in [3.05, 3.63) is 11.7 Å². The number of aromatic nitrogens is 2. The van der Waals surface area contributed by atoms with Gasteiger partial charge in [0.15, 0.2) is 5.82 Å². The zero-order valence-corrected chi connectivity index (χ0v) is 12.9. The summed E-state index contributed by atoms with van der Waals surface area (Å²) >= 11 is 0. The van der Waals surface area contributed by atoms with E-state index in [-0.39, 0.29) is 6.04 Å². The number of nitrogens with zero attached hydrogens (tertiary/aromatic N) is 2. The molecule has 1 atom stereocenters. The molecule has 1 aromatic rings. The highest BCUT2D eigenvalue weighted by atomic mass is 16.5. The average Bonchev–Trinajstić information content (AvgIpc) is 3.14. The maximum absolute atomic E-state index is 6.13. The molecular weight excluding hydrogens is 250 g/mol. The SMILES string of the molecule is CC(C)(C)C1CCC(c2noc(C(N)C3CC3)n2)CC1. The Bertz CT molecular complexity index is 451. The van der Waals surface area contributed by atoms with E-state index in [4.69, 9.17) is 10.3 Å². The standard InChI is InChI=1S/C16H27N3O/c1-16(2,3)12-8-6-11(7-9-12)14-18-15(20-19-14)13(17)10-4-5-10/h10-13H,4-9,17H2,1-3H3. The van der Waals surface area contributed by atoms with Crippen molar-refractivity contribution in [1.82, 2.24) is 10.1 Å². The second-order valence-electron chi connectivity index (χ2n) is 7.77. The van der Waals surface area contributed by atoms with Gasteiger partial charge in [-0.3, -0.25) is 0 Å². The van der Waals surface area contributed by atoms with Gasteiger partial charge in [0, 0.05) is 5.92 Å². The minimum absolute atomic E-state index is 0.0397. The lowest BCUT2D eigenvalue weighted by molar-refractivity contribution is 0.166. The summed E-state index contributed by atoms with van der Waals surface area (Å²) in [5, 5.41) is 4.19. The van der Waals surface area contributed by atoms with Crippen LogP contribution >= 0.6 is 0 Å². The van der Waals surface area contributed by atoms with Gasteiger partial charge < -0.3 is 10.3 Å². The van der Waals surface area contributed by atoms with Crippen LogP contribution in [0.2, 0.25) is 0 Å². The van der Waals surface area contributed by atoms with Crippen molar-refractivity contribution in [1.29, 1.82) is 0 Å². The summed E-state index contributed by atoms with van der Waals surface area (Å²) in [6.07, 6.45) is 7.31. The fourth-order valence-electron chi connectivity index (χ4n) is 3.42. The molecule has 2 N–H and O–H groups in total. The van der Waals surface area contributed by atoms with Crippen LogP contribution in [0.4, 0.5) is 0 Å². The predicted octanol–water partition coefficient (Wildman–Crippen LogP) is 3.80. The van der Waals surface area contributed by atoms with Crippen LogP contribution in [0.3, 0.4) is 0 Å². The highest BCUT2D eigenvalue weighted by Crippen LogP contribution is 2.43. The molecule has 0 bridgehead atoms. The van der Waals surface area contributed by atoms with Crippen LogP contribution in [0.25, 0.3) is 0 Å². The Balaban J connectivity index is 1.60. The Morgan fingerprint density at radius 2 is 1.75 bits per heavy atom. The molecule has 2 aliphatic carbocycles. The van der Waals surface area contributed by atoms with Crippen LogP contribution in [0.5, 0.6) is 0 Å². The Kier molecular flexibility index (Phi) is 3.61. The van der Waals surface area contributed by atoms with Crippen LogP contribution in [-0.4, -0.2) is 10.1 Å². The van der Waals surface area contributed by atoms with Gasteiger partial charge in [0.1, 0.15) is 0 Å². The summed E-state index contributed by atoms with van der Waals surface area (Å²) in [6, 6.07) is -0.0397. The summed E-state index contributed by atoms with van der Waals surface area (Å²) in [6.45, 7) is 7.04. The molecule has 4 heteroatoms. The summed E-state index contributed by atoms with van der Waals surface area (Å²) < 4.78 is 5.39. The molecule has 2 saturated carbocycles. The van der Waals surface area contributed by atoms with E-state index in [2.05, 4.69) is 30.9 Å². The Hall–Kier alpha value is -0.900. The minimum atomic E-state index is -0.0397. The first-order valence-electron chi connectivity index (χ1n) is 8.04. The monoisotopic (exact) mass is 277 g/mol. The van der Waals surface area contributed by atoms with Gasteiger partial charge in [-0.1, -0.05) is 25.9 Å². The lowest BCUT2D eigenvalue weighted by Gasteiger charge is -2.36. The third-order valence-electron chi connectivity index (χ3n) is 5.19. The van der Waals surface area contributed by atoms with Gasteiger partial charge in [-0.2, -0.15) is 4.98 Å². The molecule has 1 aromatic heterocycles. The molecule has 1 unspecified atom stereocenters. The van der Waals surface area contributed by atoms with Crippen LogP contribution in [0, 0.1) is 17.3 Å². The smallest absolute Gasteiger partial charge is 0.243 e. The quantitative estimate of drug-likeness (QED) is 0.912. The second kappa shape index (κ2) is 5.14. The van der Waals surface area contributed by atoms with Crippen LogP contribution < -0.4 is 5.73 Å². The molecule has 112 valence electrons. The van der Waals surface area contributed by atoms with E-state index in [9.17, 15) is 0 Å². The zero-order chi connectivity index (χ0) is 14.3. The summed E-state index contributed by atoms with van der Waals surface area (Å²) in [5.74, 6) is 3.40. The fourth-order valence-corrected chi connectivity index (χ4v) is 3.42. The van der Waals surface area contributed by atoms with Crippen LogP contribution in [0.15, 0.2) is 4.52 Å². The van der Waals surface area contributed by atoms with Crippen LogP contribution in [0.1, 0.15) is 83.0 Å². The van der Waals surface area contributed by atoms with Crippen molar-refractivity contribution >= 4 is 0 Å². The minimum Gasteiger partial charge on any atom is -0.338 e. The Labute approximate surface area is 121 Å². The molecule has 20 heavy (non-hydrogen) atoms. The van der Waals surface area contributed by atoms with Gasteiger partial charge in [0.05, 0.1) is 6.04 Å². The number of nitrogens with two attached hydrogens (primary N) is 1. The zero-order valence-electron chi connectivity index (χ0n) is 12.9. The summed E-state index contributed by atoms with van der Waals surface area (Å²) in [4.78, 5) is 4.58. The molecule has 4 nitrogen and oxygen atoms in total. The highest BCUT2D eigenvalue weighted by molar-refractivity contribution is 5.03. The molecule has 3 rings (SSSR count). The van der Waals surface area contributed by atoms with Gasteiger partial charge in [-0.05, 0) is 55.8 Å². The van der Waals surface area contributed by atoms with E-state index in [0.29, 0.717) is 23.1 Å². The Morgan fingerprint density at radius 3 is 2.30 bits per heavy atom. The van der Waals surface area contributed by atoms with E-state index in [1.165, 1.54) is 38.5 Å². The van der Waals surface area contributed by atoms with Crippen molar-refractivity contribution in [3.8, 4) is 0 Å². The molecule has 1 heterocycles. The number of rotatable bonds is 3. The van der Waals surface area contributed by atoms with Crippen LogP contribution in [-0.2, 0) is 0 Å². The topological polar surface area (TPSA) is 64.9 Å². The molecule has 0 radical (unpaired) electrons. The second-order valence-corrected chi connectivity index (χ2v) is 7.77. The maximum Gasteiger partial charge on any atom is 0.243 e. The molecule has 0 spiro atoms. The highest BCUT2D eigenvalue weighted by Gasteiger charge is 2.35. The third-order valence-corrected chi connectivity index (χ3v) is 5.19. The maximum atomic E-state index is 6.13. The van der Waals surface area contributed by atoms with Crippen molar-refractivity contribution in [2.75, 3.05) is 0 Å². The lowest BCUT2D eigenvalue weighted by Crippen LogP contribution is -2.25. The molecule has 0 saturated heterocycles. The predicted molar refractivity (Wildman–Crippen MR) is 78.1 cm³/mol. The number of hydrogen-bond donors (Lipinski definition) is 1. The first kappa shape index (κ1) is 14.1. The Morgan fingerprint density at radius 1 is 1.10 bits per heavy atom. The number of hydrogen-bond acceptors (Lipinski definition) is 4. The van der Waals surface area contributed by atoms with E-state index in [1.807, 2.05) is 0 Å². The molecular formula is C16H27N3O. The van der Waals surface area contributed by atoms with E-state index < -0.39 is 0 Å². The first-order chi connectivity index (χ1) is 9.45. The van der Waals surface area contributed by atoms with Gasteiger partial charge in [0.25, 0.3) is 0 Å². The normalized spacial score (nSPS) is 29.4. The molecule has 0 aromatic carbocycles. The van der Waals surface area contributed by atoms with E-state index >= 15 is 0 Å². The third kappa shape index (κ3) is 2.90. The molecule has 0 amide bonds. The molecule has 2 aliphatic rings. The summed E-state index contributed by atoms with van der Waals surface area (Å²) in [5.41, 5.74) is 6.54. The van der Waals surface area contributed by atoms with Crippen molar-refractivity contribution in [3.63, 3.8) is 0 Å². The fraction of sp³-hybridized carbons (Fsp3) is 0.875.